The third-order valence-corrected chi connectivity index (χ3v) is 4.36. The summed E-state index contributed by atoms with van der Waals surface area (Å²) in [5.41, 5.74) is 7.33. The second kappa shape index (κ2) is 13.8. The van der Waals surface area contributed by atoms with Crippen molar-refractivity contribution in [3.63, 3.8) is 0 Å². The van der Waals surface area contributed by atoms with E-state index >= 15 is 0 Å². The summed E-state index contributed by atoms with van der Waals surface area (Å²) in [5.74, 6) is -1.11. The smallest absolute Gasteiger partial charge is 0.312 e. The molecule has 0 spiro atoms. The van der Waals surface area contributed by atoms with E-state index in [4.69, 9.17) is 10.5 Å². The lowest BCUT2D eigenvalue weighted by Crippen LogP contribution is -2.50. The molecule has 176 valence electrons. The number of rotatable bonds is 12. The van der Waals surface area contributed by atoms with E-state index in [9.17, 15) is 19.2 Å². The van der Waals surface area contributed by atoms with Crippen molar-refractivity contribution >= 4 is 29.5 Å². The van der Waals surface area contributed by atoms with Crippen LogP contribution in [-0.4, -0.2) is 49.5 Å². The first-order chi connectivity index (χ1) is 15.1. The van der Waals surface area contributed by atoms with Crippen molar-refractivity contribution in [1.82, 2.24) is 16.0 Å². The fraction of sp³-hybridized carbons (Fsp3) is 0.455. The van der Waals surface area contributed by atoms with Crippen LogP contribution in [0.4, 0.5) is 10.5 Å². The number of anilines is 1. The number of hydrogen-bond donors (Lipinski definition) is 5. The molecule has 0 heterocycles. The van der Waals surface area contributed by atoms with Crippen LogP contribution in [-0.2, 0) is 25.7 Å². The Hall–Kier alpha value is -3.40. The van der Waals surface area contributed by atoms with Crippen molar-refractivity contribution in [2.45, 2.75) is 52.3 Å². The number of benzene rings is 1. The quantitative estimate of drug-likeness (QED) is 0.184. The van der Waals surface area contributed by atoms with Gasteiger partial charge < -0.3 is 31.7 Å². The summed E-state index contributed by atoms with van der Waals surface area (Å²) in [7, 11) is 1.66. The van der Waals surface area contributed by atoms with Gasteiger partial charge in [0.1, 0.15) is 18.7 Å². The third-order valence-electron chi connectivity index (χ3n) is 4.36. The fourth-order valence-corrected chi connectivity index (χ4v) is 2.77. The van der Waals surface area contributed by atoms with E-state index in [0.29, 0.717) is 18.5 Å². The number of allylic oxidation sites excluding steroid dienone is 1. The number of ether oxygens (including phenoxy) is 1. The molecule has 1 aromatic carbocycles. The second-order valence-corrected chi connectivity index (χ2v) is 7.47. The minimum Gasteiger partial charge on any atom is -0.461 e. The number of amides is 4. The van der Waals surface area contributed by atoms with Gasteiger partial charge in [-0.05, 0) is 51.4 Å². The predicted molar refractivity (Wildman–Crippen MR) is 122 cm³/mol. The molecule has 0 fully saturated rings. The minimum absolute atomic E-state index is 0.144. The lowest BCUT2D eigenvalue weighted by Gasteiger charge is -2.21. The molecule has 1 aromatic rings. The predicted octanol–water partition coefficient (Wildman–Crippen LogP) is 1.18. The number of carbonyl (C=O) groups excluding carboxylic acids is 4. The molecule has 0 aromatic heterocycles. The largest absolute Gasteiger partial charge is 0.461 e. The van der Waals surface area contributed by atoms with Gasteiger partial charge in [0.25, 0.3) is 0 Å². The van der Waals surface area contributed by atoms with Crippen LogP contribution in [0.1, 0.15) is 39.2 Å². The highest BCUT2D eigenvalue weighted by molar-refractivity contribution is 5.98. The summed E-state index contributed by atoms with van der Waals surface area (Å²) in [6, 6.07) is 4.78. The highest BCUT2D eigenvalue weighted by Crippen LogP contribution is 2.12. The molecule has 4 amide bonds. The molecule has 1 unspecified atom stereocenters. The lowest BCUT2D eigenvalue weighted by molar-refractivity contribution is -0.142. The van der Waals surface area contributed by atoms with Crippen LogP contribution in [0.15, 0.2) is 35.9 Å². The van der Waals surface area contributed by atoms with Crippen LogP contribution >= 0.6 is 0 Å². The van der Waals surface area contributed by atoms with Crippen LogP contribution < -0.4 is 27.0 Å². The lowest BCUT2D eigenvalue weighted by atomic mass is 10.1. The van der Waals surface area contributed by atoms with Gasteiger partial charge in [0.2, 0.25) is 11.8 Å². The van der Waals surface area contributed by atoms with Crippen molar-refractivity contribution in [2.75, 3.05) is 18.9 Å². The van der Waals surface area contributed by atoms with E-state index in [0.717, 1.165) is 11.1 Å². The zero-order valence-electron chi connectivity index (χ0n) is 19.0. The average molecular weight is 448 g/mol. The van der Waals surface area contributed by atoms with Crippen molar-refractivity contribution in [1.29, 1.82) is 0 Å². The molecule has 0 bridgehead atoms. The van der Waals surface area contributed by atoms with Crippen molar-refractivity contribution in [3.8, 4) is 0 Å². The Morgan fingerprint density at radius 1 is 1.06 bits per heavy atom. The molecular weight excluding hydrogens is 414 g/mol. The number of likely N-dealkylation sites (N-methyl/N-ethyl adjacent to an activating group) is 1. The summed E-state index contributed by atoms with van der Waals surface area (Å²) in [5, 5.41) is 10.9. The van der Waals surface area contributed by atoms with Gasteiger partial charge in [-0.15, -0.1) is 0 Å². The maximum absolute atomic E-state index is 12.9. The van der Waals surface area contributed by atoms with E-state index in [2.05, 4.69) is 21.3 Å². The zero-order chi connectivity index (χ0) is 24.1. The van der Waals surface area contributed by atoms with Crippen LogP contribution in [0.2, 0.25) is 0 Å². The molecule has 0 saturated heterocycles. The molecule has 0 saturated carbocycles. The third kappa shape index (κ3) is 10.6. The molecule has 32 heavy (non-hydrogen) atoms. The normalized spacial score (nSPS) is 12.1. The minimum atomic E-state index is -0.820. The maximum atomic E-state index is 12.9. The highest BCUT2D eigenvalue weighted by Gasteiger charge is 2.24. The summed E-state index contributed by atoms with van der Waals surface area (Å²) in [6.07, 6.45) is 2.50. The number of nitrogens with one attached hydrogen (secondary N) is 4. The van der Waals surface area contributed by atoms with Crippen LogP contribution in [0, 0.1) is 0 Å². The van der Waals surface area contributed by atoms with Crippen LogP contribution in [0.25, 0.3) is 0 Å². The first-order valence-corrected chi connectivity index (χ1v) is 10.3. The molecule has 6 N–H and O–H groups in total. The molecule has 0 aliphatic carbocycles. The van der Waals surface area contributed by atoms with E-state index in [-0.39, 0.29) is 25.0 Å². The molecule has 10 nitrogen and oxygen atoms in total. The molecular formula is C22H33N5O5. The Kier molecular flexibility index (Phi) is 11.5. The van der Waals surface area contributed by atoms with E-state index in [1.54, 1.807) is 37.4 Å². The van der Waals surface area contributed by atoms with Crippen LogP contribution in [0.5, 0.6) is 0 Å². The SMILES string of the molecule is CNC(C=C(C)C)C(=O)N[C@@H](CCCNC(N)=O)C(=O)Nc1ccc(COC(C)=O)cc1. The Labute approximate surface area is 188 Å². The fourth-order valence-electron chi connectivity index (χ4n) is 2.77. The Morgan fingerprint density at radius 2 is 1.72 bits per heavy atom. The Morgan fingerprint density at radius 3 is 2.25 bits per heavy atom. The van der Waals surface area contributed by atoms with Gasteiger partial charge in [-0.1, -0.05) is 23.8 Å². The summed E-state index contributed by atoms with van der Waals surface area (Å²) in [6.45, 7) is 5.51. The van der Waals surface area contributed by atoms with Gasteiger partial charge in [0.05, 0.1) is 0 Å². The first-order valence-electron chi connectivity index (χ1n) is 10.3. The second-order valence-electron chi connectivity index (χ2n) is 7.47. The number of esters is 1. The Bertz CT molecular complexity index is 819. The molecule has 2 atom stereocenters. The van der Waals surface area contributed by atoms with E-state index in [1.165, 1.54) is 6.92 Å². The van der Waals surface area contributed by atoms with Gasteiger partial charge in [-0.25, -0.2) is 4.79 Å². The molecule has 0 radical (unpaired) electrons. The average Bonchev–Trinajstić information content (AvgIpc) is 2.73. The van der Waals surface area contributed by atoms with Crippen molar-refractivity contribution in [2.24, 2.45) is 5.73 Å². The summed E-state index contributed by atoms with van der Waals surface area (Å²) < 4.78 is 4.94. The standard InChI is InChI=1S/C22H33N5O5/c1-14(2)12-19(24-4)21(30)27-18(6-5-11-25-22(23)31)20(29)26-17-9-7-16(8-10-17)13-32-15(3)28/h7-10,12,18-19,24H,5-6,11,13H2,1-4H3,(H,26,29)(H,27,30)(H3,23,25,31)/t18-,19?/m0/s1. The van der Waals surface area contributed by atoms with Gasteiger partial charge in [-0.3, -0.25) is 14.4 Å². The number of carbonyl (C=O) groups is 4. The van der Waals surface area contributed by atoms with Crippen molar-refractivity contribution < 1.29 is 23.9 Å². The molecule has 0 aliphatic rings. The number of primary amides is 1. The molecule has 0 aliphatic heterocycles. The number of hydrogen-bond acceptors (Lipinski definition) is 6. The number of urea groups is 1. The maximum Gasteiger partial charge on any atom is 0.312 e. The van der Waals surface area contributed by atoms with Crippen LogP contribution in [0.3, 0.4) is 0 Å². The first kappa shape index (κ1) is 26.6. The molecule has 10 heteroatoms. The van der Waals surface area contributed by atoms with Gasteiger partial charge >= 0.3 is 12.0 Å². The topological polar surface area (TPSA) is 152 Å². The summed E-state index contributed by atoms with van der Waals surface area (Å²) in [4.78, 5) is 47.3. The highest BCUT2D eigenvalue weighted by atomic mass is 16.5. The monoisotopic (exact) mass is 447 g/mol. The van der Waals surface area contributed by atoms with Gasteiger partial charge in [-0.2, -0.15) is 0 Å². The van der Waals surface area contributed by atoms with E-state index in [1.807, 2.05) is 13.8 Å². The summed E-state index contributed by atoms with van der Waals surface area (Å²) >= 11 is 0. The zero-order valence-corrected chi connectivity index (χ0v) is 19.0. The Balaban J connectivity index is 2.84. The molecule has 1 rings (SSSR count). The number of nitrogens with two attached hydrogens (primary N) is 1. The van der Waals surface area contributed by atoms with E-state index < -0.39 is 24.0 Å². The van der Waals surface area contributed by atoms with Crippen molar-refractivity contribution in [3.05, 3.63) is 41.5 Å². The van der Waals surface area contributed by atoms with Gasteiger partial charge in [0.15, 0.2) is 0 Å². The van der Waals surface area contributed by atoms with Gasteiger partial charge in [0, 0.05) is 19.2 Å².